The van der Waals surface area contributed by atoms with Gasteiger partial charge in [0, 0.05) is 12.5 Å². The molecular formula is C14H17N5O3S. The van der Waals surface area contributed by atoms with Gasteiger partial charge in [-0.3, -0.25) is 10.0 Å². The van der Waals surface area contributed by atoms with Gasteiger partial charge >= 0.3 is 0 Å². The molecule has 9 heteroatoms. The molecule has 0 aromatic carbocycles. The van der Waals surface area contributed by atoms with Crippen molar-refractivity contribution in [3.8, 4) is 6.07 Å². The van der Waals surface area contributed by atoms with E-state index in [0.29, 0.717) is 22.4 Å². The first-order chi connectivity index (χ1) is 10.8. The average Bonchev–Trinajstić information content (AvgIpc) is 2.83. The number of hydrogen-bond donors (Lipinski definition) is 1. The standard InChI is InChI=1S/C14H17N5O3S/c1-8(2)13-12-10(5-15)6-18(14(12)17-9(3)16-13)7-11(20)19(21)23(4)22/h6,8,21H,7H2,1-4H3. The lowest BCUT2D eigenvalue weighted by Crippen LogP contribution is -2.31. The molecule has 1 N–H and O–H groups in total. The van der Waals surface area contributed by atoms with Crippen molar-refractivity contribution in [1.29, 1.82) is 5.26 Å². The van der Waals surface area contributed by atoms with Gasteiger partial charge in [-0.15, -0.1) is 4.47 Å². The Morgan fingerprint density at radius 1 is 1.52 bits per heavy atom. The summed E-state index contributed by atoms with van der Waals surface area (Å²) in [5.74, 6) is -0.151. The second kappa shape index (κ2) is 6.44. The Bertz CT molecular complexity index is 837. The first-order valence-corrected chi connectivity index (χ1v) is 8.40. The number of aryl methyl sites for hydroxylation is 1. The van der Waals surface area contributed by atoms with Crippen LogP contribution in [0.25, 0.3) is 11.0 Å². The number of carbonyl (C=O) groups is 1. The van der Waals surface area contributed by atoms with Crippen LogP contribution in [0.15, 0.2) is 6.20 Å². The van der Waals surface area contributed by atoms with Gasteiger partial charge in [0.15, 0.2) is 0 Å². The third kappa shape index (κ3) is 3.23. The number of fused-ring (bicyclic) bond motifs is 1. The summed E-state index contributed by atoms with van der Waals surface area (Å²) in [5, 5.41) is 19.4. The predicted molar refractivity (Wildman–Crippen MR) is 83.8 cm³/mol. The minimum absolute atomic E-state index is 0.0790. The molecule has 1 atom stereocenters. The third-order valence-corrected chi connectivity index (χ3v) is 3.98. The maximum Gasteiger partial charge on any atom is 0.278 e. The van der Waals surface area contributed by atoms with Crippen molar-refractivity contribution in [2.45, 2.75) is 33.2 Å². The highest BCUT2D eigenvalue weighted by molar-refractivity contribution is 7.82. The Kier molecular flexibility index (Phi) is 4.77. The van der Waals surface area contributed by atoms with E-state index < -0.39 is 16.9 Å². The van der Waals surface area contributed by atoms with Crippen LogP contribution in [-0.4, -0.2) is 40.6 Å². The van der Waals surface area contributed by atoms with E-state index in [1.54, 1.807) is 6.92 Å². The summed E-state index contributed by atoms with van der Waals surface area (Å²) in [5.41, 5.74) is 1.54. The molecule has 1 unspecified atom stereocenters. The largest absolute Gasteiger partial charge is 0.321 e. The molecule has 0 spiro atoms. The van der Waals surface area contributed by atoms with Crippen LogP contribution in [-0.2, 0) is 22.3 Å². The van der Waals surface area contributed by atoms with Crippen molar-refractivity contribution in [2.24, 2.45) is 0 Å². The molecule has 0 aliphatic rings. The number of hydroxylamine groups is 1. The summed E-state index contributed by atoms with van der Waals surface area (Å²) < 4.78 is 12.8. The van der Waals surface area contributed by atoms with E-state index in [1.807, 2.05) is 13.8 Å². The van der Waals surface area contributed by atoms with Crippen molar-refractivity contribution < 1.29 is 14.2 Å². The minimum Gasteiger partial charge on any atom is -0.321 e. The molecule has 0 fully saturated rings. The SMILES string of the molecule is Cc1nc(C(C)C)c2c(C#N)cn(CC(=O)N(O)S(C)=O)c2n1. The summed E-state index contributed by atoms with van der Waals surface area (Å²) >= 11 is 0. The minimum atomic E-state index is -1.83. The van der Waals surface area contributed by atoms with Crippen LogP contribution in [0.1, 0.15) is 36.8 Å². The molecule has 2 heterocycles. The van der Waals surface area contributed by atoms with Crippen LogP contribution < -0.4 is 0 Å². The van der Waals surface area contributed by atoms with Crippen molar-refractivity contribution in [3.63, 3.8) is 0 Å². The van der Waals surface area contributed by atoms with Crippen LogP contribution in [0.5, 0.6) is 0 Å². The molecule has 0 aliphatic carbocycles. The molecule has 23 heavy (non-hydrogen) atoms. The smallest absolute Gasteiger partial charge is 0.278 e. The molecule has 8 nitrogen and oxygen atoms in total. The monoisotopic (exact) mass is 335 g/mol. The van der Waals surface area contributed by atoms with Gasteiger partial charge in [-0.1, -0.05) is 13.8 Å². The highest BCUT2D eigenvalue weighted by Crippen LogP contribution is 2.27. The van der Waals surface area contributed by atoms with Gasteiger partial charge < -0.3 is 4.57 Å². The van der Waals surface area contributed by atoms with Crippen LogP contribution in [0.4, 0.5) is 0 Å². The normalized spacial score (nSPS) is 12.4. The van der Waals surface area contributed by atoms with Crippen LogP contribution in [0, 0.1) is 18.3 Å². The second-order valence-corrected chi connectivity index (χ2v) is 6.58. The Labute approximate surface area is 135 Å². The van der Waals surface area contributed by atoms with E-state index in [0.717, 1.165) is 5.69 Å². The molecule has 0 saturated carbocycles. The maximum atomic E-state index is 11.9. The Morgan fingerprint density at radius 2 is 2.17 bits per heavy atom. The van der Waals surface area contributed by atoms with Crippen molar-refractivity contribution in [2.75, 3.05) is 6.26 Å². The van der Waals surface area contributed by atoms with E-state index in [1.165, 1.54) is 17.0 Å². The summed E-state index contributed by atoms with van der Waals surface area (Å²) in [6, 6.07) is 2.08. The van der Waals surface area contributed by atoms with E-state index >= 15 is 0 Å². The van der Waals surface area contributed by atoms with Crippen molar-refractivity contribution in [1.82, 2.24) is 19.0 Å². The van der Waals surface area contributed by atoms with Crippen molar-refractivity contribution >= 4 is 27.9 Å². The molecule has 2 aromatic rings. The van der Waals surface area contributed by atoms with Gasteiger partial charge in [-0.2, -0.15) is 5.26 Å². The number of hydrogen-bond acceptors (Lipinski definition) is 6. The van der Waals surface area contributed by atoms with E-state index in [-0.39, 0.29) is 16.9 Å². The number of carbonyl (C=O) groups excluding carboxylic acids is 1. The fourth-order valence-corrected chi connectivity index (χ4v) is 2.64. The third-order valence-electron chi connectivity index (χ3n) is 3.29. The summed E-state index contributed by atoms with van der Waals surface area (Å²) in [7, 11) is -1.83. The van der Waals surface area contributed by atoms with Gasteiger partial charge in [0.05, 0.1) is 16.6 Å². The maximum absolute atomic E-state index is 11.9. The zero-order chi connectivity index (χ0) is 17.3. The lowest BCUT2D eigenvalue weighted by molar-refractivity contribution is -0.145. The zero-order valence-electron chi connectivity index (χ0n) is 13.3. The Balaban J connectivity index is 2.61. The van der Waals surface area contributed by atoms with Gasteiger partial charge in [0.2, 0.25) is 0 Å². The number of nitrogens with zero attached hydrogens (tertiary/aromatic N) is 5. The molecule has 1 amide bonds. The van der Waals surface area contributed by atoms with Crippen LogP contribution in [0.3, 0.4) is 0 Å². The molecule has 0 bridgehead atoms. The molecular weight excluding hydrogens is 318 g/mol. The van der Waals surface area contributed by atoms with Gasteiger partial charge in [-0.05, 0) is 12.8 Å². The molecule has 0 radical (unpaired) electrons. The molecule has 122 valence electrons. The first-order valence-electron chi connectivity index (χ1n) is 6.89. The number of amides is 1. The van der Waals surface area contributed by atoms with Crippen molar-refractivity contribution in [3.05, 3.63) is 23.3 Å². The molecule has 2 aromatic heterocycles. The Morgan fingerprint density at radius 3 is 2.70 bits per heavy atom. The highest BCUT2D eigenvalue weighted by Gasteiger charge is 2.21. The summed E-state index contributed by atoms with van der Waals surface area (Å²) in [6.45, 7) is 5.37. The lowest BCUT2D eigenvalue weighted by atomic mass is 10.0. The topological polar surface area (TPSA) is 112 Å². The molecule has 0 saturated heterocycles. The summed E-state index contributed by atoms with van der Waals surface area (Å²) in [4.78, 5) is 20.6. The first kappa shape index (κ1) is 17.1. The van der Waals surface area contributed by atoms with E-state index in [4.69, 9.17) is 0 Å². The second-order valence-electron chi connectivity index (χ2n) is 5.38. The lowest BCUT2D eigenvalue weighted by Gasteiger charge is -2.12. The van der Waals surface area contributed by atoms with Gasteiger partial charge in [0.25, 0.3) is 5.91 Å². The summed E-state index contributed by atoms with van der Waals surface area (Å²) in [6.07, 6.45) is 2.69. The molecule has 2 rings (SSSR count). The Hall–Kier alpha value is -2.31. The number of rotatable bonds is 4. The van der Waals surface area contributed by atoms with Crippen LogP contribution >= 0.6 is 0 Å². The van der Waals surface area contributed by atoms with Gasteiger partial charge in [0.1, 0.15) is 35.1 Å². The number of nitriles is 1. The fraction of sp³-hybridized carbons (Fsp3) is 0.429. The quantitative estimate of drug-likeness (QED) is 0.664. The van der Waals surface area contributed by atoms with E-state index in [2.05, 4.69) is 16.0 Å². The molecule has 0 aliphatic heterocycles. The highest BCUT2D eigenvalue weighted by atomic mass is 32.2. The number of aromatic nitrogens is 3. The van der Waals surface area contributed by atoms with Crippen LogP contribution in [0.2, 0.25) is 0 Å². The average molecular weight is 335 g/mol. The van der Waals surface area contributed by atoms with Gasteiger partial charge in [-0.25, -0.2) is 14.2 Å². The predicted octanol–water partition coefficient (Wildman–Crippen LogP) is 1.25. The van der Waals surface area contributed by atoms with E-state index in [9.17, 15) is 19.5 Å². The zero-order valence-corrected chi connectivity index (χ0v) is 14.1. The fourth-order valence-electron chi connectivity index (χ4n) is 2.30.